The monoisotopic (exact) mass is 474 g/mol. The Morgan fingerprint density at radius 3 is 2.38 bits per heavy atom. The van der Waals surface area contributed by atoms with Crippen molar-refractivity contribution in [2.75, 3.05) is 7.11 Å². The van der Waals surface area contributed by atoms with Gasteiger partial charge in [-0.15, -0.1) is 0 Å². The molecule has 0 bridgehead atoms. The summed E-state index contributed by atoms with van der Waals surface area (Å²) in [6.45, 7) is 1.39. The number of aromatic nitrogens is 3. The summed E-state index contributed by atoms with van der Waals surface area (Å²) in [5.74, 6) is 2.24. The number of nitrogens with zero attached hydrogens (tertiary/aromatic N) is 2. The quantitative estimate of drug-likeness (QED) is 0.320. The topological polar surface area (TPSA) is 81.2 Å². The number of ether oxygens (including phenoxy) is 2. The van der Waals surface area contributed by atoms with Gasteiger partial charge in [0.25, 0.3) is 0 Å². The number of rotatable bonds is 10. The highest BCUT2D eigenvalue weighted by Crippen LogP contribution is 2.21. The van der Waals surface area contributed by atoms with Crippen LogP contribution >= 0.6 is 12.2 Å². The molecule has 7 nitrogen and oxygen atoms in total. The van der Waals surface area contributed by atoms with Crippen molar-refractivity contribution in [1.82, 2.24) is 20.1 Å². The van der Waals surface area contributed by atoms with Gasteiger partial charge in [-0.1, -0.05) is 42.5 Å². The molecule has 0 fully saturated rings. The van der Waals surface area contributed by atoms with Crippen molar-refractivity contribution in [1.29, 1.82) is 0 Å². The molecular formula is C26H26N4O3S. The minimum absolute atomic E-state index is 0.0553. The zero-order chi connectivity index (χ0) is 23.8. The number of benzene rings is 3. The predicted octanol–water partition coefficient (Wildman–Crippen LogP) is 4.90. The molecule has 4 rings (SSSR count). The third-order valence-electron chi connectivity index (χ3n) is 5.33. The van der Waals surface area contributed by atoms with Crippen molar-refractivity contribution in [3.05, 3.63) is 94.8 Å². The molecule has 2 N–H and O–H groups in total. The molecule has 3 aromatic carbocycles. The number of aromatic amines is 1. The summed E-state index contributed by atoms with van der Waals surface area (Å²) in [5, 5.41) is 10.1. The van der Waals surface area contributed by atoms with Gasteiger partial charge < -0.3 is 14.8 Å². The van der Waals surface area contributed by atoms with Crippen LogP contribution < -0.4 is 14.8 Å². The van der Waals surface area contributed by atoms with E-state index in [2.05, 4.69) is 15.5 Å². The maximum absolute atomic E-state index is 12.5. The first kappa shape index (κ1) is 23.3. The first-order valence-electron chi connectivity index (χ1n) is 10.9. The Morgan fingerprint density at radius 2 is 1.68 bits per heavy atom. The number of H-pyrrole nitrogens is 1. The zero-order valence-electron chi connectivity index (χ0n) is 18.9. The molecule has 0 saturated carbocycles. The second-order valence-corrected chi connectivity index (χ2v) is 8.06. The highest BCUT2D eigenvalue weighted by Gasteiger charge is 2.11. The lowest BCUT2D eigenvalue weighted by Gasteiger charge is -2.10. The van der Waals surface area contributed by atoms with Crippen LogP contribution in [0.4, 0.5) is 0 Å². The summed E-state index contributed by atoms with van der Waals surface area (Å²) in [5.41, 5.74) is 2.99. The molecule has 0 atom stereocenters. The van der Waals surface area contributed by atoms with E-state index in [1.807, 2.05) is 83.4 Å². The standard InChI is InChI=1S/C26H26N4O3S/c1-32-22-13-11-21(12-14-22)25-28-29-26(34)30(25)16-15-24(31)27-17-19-7-9-20(10-8-19)18-33-23-5-3-2-4-6-23/h2-14H,15-18H2,1H3,(H,27,31)(H,29,34). The molecule has 8 heteroatoms. The van der Waals surface area contributed by atoms with Crippen LogP contribution in [0.2, 0.25) is 0 Å². The Morgan fingerprint density at radius 1 is 0.971 bits per heavy atom. The molecule has 4 aromatic rings. The van der Waals surface area contributed by atoms with Crippen LogP contribution in [0.1, 0.15) is 17.5 Å². The molecule has 0 aliphatic rings. The lowest BCUT2D eigenvalue weighted by Crippen LogP contribution is -2.24. The number of methoxy groups -OCH3 is 1. The minimum atomic E-state index is -0.0553. The molecule has 0 spiro atoms. The zero-order valence-corrected chi connectivity index (χ0v) is 19.7. The summed E-state index contributed by atoms with van der Waals surface area (Å²) in [6, 6.07) is 25.3. The SMILES string of the molecule is COc1ccc(-c2n[nH]c(=S)n2CCC(=O)NCc2ccc(COc3ccccc3)cc2)cc1. The van der Waals surface area contributed by atoms with Gasteiger partial charge in [-0.3, -0.25) is 14.5 Å². The Bertz CT molecular complexity index is 1270. The lowest BCUT2D eigenvalue weighted by molar-refractivity contribution is -0.121. The summed E-state index contributed by atoms with van der Waals surface area (Å²) < 4.78 is 13.3. The average molecular weight is 475 g/mol. The van der Waals surface area contributed by atoms with Gasteiger partial charge in [0.1, 0.15) is 18.1 Å². The van der Waals surface area contributed by atoms with E-state index in [9.17, 15) is 4.79 Å². The van der Waals surface area contributed by atoms with E-state index in [1.54, 1.807) is 7.11 Å². The molecule has 0 aliphatic heterocycles. The van der Waals surface area contributed by atoms with Crippen LogP contribution in [0.5, 0.6) is 11.5 Å². The van der Waals surface area contributed by atoms with Crippen molar-refractivity contribution >= 4 is 18.1 Å². The van der Waals surface area contributed by atoms with Gasteiger partial charge in [0.05, 0.1) is 7.11 Å². The lowest BCUT2D eigenvalue weighted by atomic mass is 10.1. The Kier molecular flexibility index (Phi) is 7.72. The number of hydrogen-bond acceptors (Lipinski definition) is 5. The molecule has 1 amide bonds. The fraction of sp³-hybridized carbons (Fsp3) is 0.192. The van der Waals surface area contributed by atoms with Crippen LogP contribution in [0, 0.1) is 4.77 Å². The Balaban J connectivity index is 1.27. The van der Waals surface area contributed by atoms with Gasteiger partial charge in [-0.05, 0) is 59.7 Å². The Labute approximate surface area is 203 Å². The molecular weight excluding hydrogens is 448 g/mol. The smallest absolute Gasteiger partial charge is 0.222 e. The van der Waals surface area contributed by atoms with Gasteiger partial charge in [-0.2, -0.15) is 5.10 Å². The molecule has 1 heterocycles. The highest BCUT2D eigenvalue weighted by atomic mass is 32.1. The summed E-state index contributed by atoms with van der Waals surface area (Å²) >= 11 is 5.36. The van der Waals surface area contributed by atoms with E-state index in [0.29, 0.717) is 36.7 Å². The Hall–Kier alpha value is -3.91. The van der Waals surface area contributed by atoms with Gasteiger partial charge >= 0.3 is 0 Å². The number of nitrogens with one attached hydrogen (secondary N) is 2. The largest absolute Gasteiger partial charge is 0.497 e. The maximum atomic E-state index is 12.5. The minimum Gasteiger partial charge on any atom is -0.497 e. The van der Waals surface area contributed by atoms with Crippen molar-refractivity contribution in [2.24, 2.45) is 0 Å². The highest BCUT2D eigenvalue weighted by molar-refractivity contribution is 7.71. The van der Waals surface area contributed by atoms with Gasteiger partial charge in [0.15, 0.2) is 10.6 Å². The van der Waals surface area contributed by atoms with E-state index in [1.165, 1.54) is 0 Å². The average Bonchev–Trinajstić information content (AvgIpc) is 3.26. The number of para-hydroxylation sites is 1. The second-order valence-electron chi connectivity index (χ2n) is 7.68. The van der Waals surface area contributed by atoms with Crippen molar-refractivity contribution in [3.8, 4) is 22.9 Å². The summed E-state index contributed by atoms with van der Waals surface area (Å²) in [4.78, 5) is 12.5. The van der Waals surface area contributed by atoms with Gasteiger partial charge in [-0.25, -0.2) is 0 Å². The molecule has 34 heavy (non-hydrogen) atoms. The van der Waals surface area contributed by atoms with Gasteiger partial charge in [0, 0.05) is 25.1 Å². The van der Waals surface area contributed by atoms with E-state index in [4.69, 9.17) is 21.7 Å². The molecule has 0 radical (unpaired) electrons. The molecule has 0 saturated heterocycles. The molecule has 1 aromatic heterocycles. The fourth-order valence-electron chi connectivity index (χ4n) is 3.42. The molecule has 0 aliphatic carbocycles. The summed E-state index contributed by atoms with van der Waals surface area (Å²) in [6.07, 6.45) is 0.292. The van der Waals surface area contributed by atoms with E-state index < -0.39 is 0 Å². The van der Waals surface area contributed by atoms with Crippen molar-refractivity contribution < 1.29 is 14.3 Å². The van der Waals surface area contributed by atoms with Crippen molar-refractivity contribution in [3.63, 3.8) is 0 Å². The second kappa shape index (κ2) is 11.3. The third-order valence-corrected chi connectivity index (χ3v) is 5.64. The first-order chi connectivity index (χ1) is 16.6. The number of hydrogen-bond donors (Lipinski definition) is 2. The van der Waals surface area contributed by atoms with Crippen LogP contribution in [0.3, 0.4) is 0 Å². The van der Waals surface area contributed by atoms with Gasteiger partial charge in [0.2, 0.25) is 5.91 Å². The fourth-order valence-corrected chi connectivity index (χ4v) is 3.65. The molecule has 174 valence electrons. The number of amides is 1. The number of carbonyl (C=O) groups excluding carboxylic acids is 1. The van der Waals surface area contributed by atoms with E-state index in [0.717, 1.165) is 28.2 Å². The molecule has 0 unspecified atom stereocenters. The predicted molar refractivity (Wildman–Crippen MR) is 133 cm³/mol. The maximum Gasteiger partial charge on any atom is 0.222 e. The normalized spacial score (nSPS) is 10.6. The van der Waals surface area contributed by atoms with E-state index >= 15 is 0 Å². The van der Waals surface area contributed by atoms with Crippen molar-refractivity contribution in [2.45, 2.75) is 26.1 Å². The first-order valence-corrected chi connectivity index (χ1v) is 11.3. The van der Waals surface area contributed by atoms with Crippen LogP contribution in [0.15, 0.2) is 78.9 Å². The van der Waals surface area contributed by atoms with Crippen LogP contribution in [-0.4, -0.2) is 27.8 Å². The number of carbonyl (C=O) groups is 1. The summed E-state index contributed by atoms with van der Waals surface area (Å²) in [7, 11) is 1.62. The third kappa shape index (κ3) is 6.11. The van der Waals surface area contributed by atoms with Crippen LogP contribution in [0.25, 0.3) is 11.4 Å². The van der Waals surface area contributed by atoms with Crippen LogP contribution in [-0.2, 0) is 24.5 Å². The van der Waals surface area contributed by atoms with E-state index in [-0.39, 0.29) is 5.91 Å².